The largest absolute Gasteiger partial charge is 0.263 e. The van der Waals surface area contributed by atoms with E-state index in [2.05, 4.69) is 24.8 Å². The minimum atomic E-state index is 0.682. The highest BCUT2D eigenvalue weighted by molar-refractivity contribution is 7.09. The third-order valence-corrected chi connectivity index (χ3v) is 2.11. The van der Waals surface area contributed by atoms with Crippen molar-refractivity contribution in [2.24, 2.45) is 0 Å². The fourth-order valence-electron chi connectivity index (χ4n) is 0.829. The normalized spacial score (nSPS) is 10.4. The summed E-state index contributed by atoms with van der Waals surface area (Å²) in [4.78, 5) is 5.13. The molecule has 0 saturated heterocycles. The van der Waals surface area contributed by atoms with E-state index in [1.54, 1.807) is 6.20 Å². The summed E-state index contributed by atoms with van der Waals surface area (Å²) >= 11 is 1.29. The van der Waals surface area contributed by atoms with E-state index in [0.29, 0.717) is 5.82 Å². The van der Waals surface area contributed by atoms with E-state index in [1.807, 2.05) is 6.92 Å². The van der Waals surface area contributed by atoms with Crippen molar-refractivity contribution in [3.63, 3.8) is 0 Å². The molecule has 0 aliphatic rings. The smallest absolute Gasteiger partial charge is 0.194 e. The Hall–Kier alpha value is -1.30. The molecule has 2 aromatic rings. The molecule has 5 nitrogen and oxygen atoms in total. The van der Waals surface area contributed by atoms with Crippen LogP contribution < -0.4 is 0 Å². The van der Waals surface area contributed by atoms with Gasteiger partial charge in [0.1, 0.15) is 10.7 Å². The van der Waals surface area contributed by atoms with E-state index in [1.165, 1.54) is 11.5 Å². The second-order valence-corrected chi connectivity index (χ2v) is 3.03. The second kappa shape index (κ2) is 2.98. The predicted molar refractivity (Wildman–Crippen MR) is 44.7 cm³/mol. The van der Waals surface area contributed by atoms with Crippen molar-refractivity contribution in [1.82, 2.24) is 24.8 Å². The maximum absolute atomic E-state index is 4.23. The third-order valence-electron chi connectivity index (χ3n) is 1.45. The standard InChI is InChI=1S/C6H7N5S/c1-2-5-8-6(10-9-5)4-3-7-11-12-4/h3H,2H2,1H3,(H,8,9,10). The zero-order valence-electron chi connectivity index (χ0n) is 6.48. The second-order valence-electron chi connectivity index (χ2n) is 2.24. The molecule has 0 atom stereocenters. The number of aromatic nitrogens is 5. The molecule has 6 heteroatoms. The van der Waals surface area contributed by atoms with Crippen LogP contribution in [0.3, 0.4) is 0 Å². The van der Waals surface area contributed by atoms with Crippen LogP contribution in [0.1, 0.15) is 12.7 Å². The minimum Gasteiger partial charge on any atom is -0.263 e. The molecule has 0 amide bonds. The molecule has 12 heavy (non-hydrogen) atoms. The van der Waals surface area contributed by atoms with Gasteiger partial charge in [0.15, 0.2) is 5.82 Å². The van der Waals surface area contributed by atoms with Crippen LogP contribution in [-0.2, 0) is 6.42 Å². The van der Waals surface area contributed by atoms with Crippen molar-refractivity contribution < 1.29 is 0 Å². The van der Waals surface area contributed by atoms with Gasteiger partial charge in [-0.3, -0.25) is 5.10 Å². The van der Waals surface area contributed by atoms with Gasteiger partial charge in [0.05, 0.1) is 6.20 Å². The molecule has 0 bridgehead atoms. The molecule has 2 aromatic heterocycles. The van der Waals surface area contributed by atoms with Gasteiger partial charge >= 0.3 is 0 Å². The number of nitrogens with zero attached hydrogens (tertiary/aromatic N) is 4. The number of hydrogen-bond donors (Lipinski definition) is 1. The van der Waals surface area contributed by atoms with Gasteiger partial charge in [-0.1, -0.05) is 11.4 Å². The lowest BCUT2D eigenvalue weighted by Crippen LogP contribution is -1.80. The number of hydrogen-bond acceptors (Lipinski definition) is 5. The quantitative estimate of drug-likeness (QED) is 0.747. The van der Waals surface area contributed by atoms with E-state index in [9.17, 15) is 0 Å². The average Bonchev–Trinajstić information content (AvgIpc) is 2.75. The molecular formula is C6H7N5S. The van der Waals surface area contributed by atoms with Crippen LogP contribution in [0.4, 0.5) is 0 Å². The van der Waals surface area contributed by atoms with E-state index in [4.69, 9.17) is 0 Å². The number of rotatable bonds is 2. The first kappa shape index (κ1) is 7.35. The van der Waals surface area contributed by atoms with Crippen molar-refractivity contribution in [2.45, 2.75) is 13.3 Å². The van der Waals surface area contributed by atoms with Crippen LogP contribution in [0, 0.1) is 0 Å². The Morgan fingerprint density at radius 2 is 2.50 bits per heavy atom. The fourth-order valence-corrected chi connectivity index (χ4v) is 1.28. The van der Waals surface area contributed by atoms with Gasteiger partial charge < -0.3 is 0 Å². The lowest BCUT2D eigenvalue weighted by molar-refractivity contribution is 0.946. The number of aryl methyl sites for hydroxylation is 1. The van der Waals surface area contributed by atoms with Crippen LogP contribution >= 0.6 is 11.5 Å². The molecular weight excluding hydrogens is 174 g/mol. The Bertz CT molecular complexity index is 352. The molecule has 0 aromatic carbocycles. The molecule has 0 spiro atoms. The Balaban J connectivity index is 2.35. The summed E-state index contributed by atoms with van der Waals surface area (Å²) in [6, 6.07) is 0. The molecule has 0 aliphatic carbocycles. The van der Waals surface area contributed by atoms with Gasteiger partial charge in [-0.15, -0.1) is 5.10 Å². The highest BCUT2D eigenvalue weighted by atomic mass is 32.1. The van der Waals surface area contributed by atoms with Crippen molar-refractivity contribution >= 4 is 11.5 Å². The van der Waals surface area contributed by atoms with Crippen molar-refractivity contribution in [2.75, 3.05) is 0 Å². The van der Waals surface area contributed by atoms with E-state index in [0.717, 1.165) is 17.1 Å². The molecule has 0 radical (unpaired) electrons. The zero-order chi connectivity index (χ0) is 8.39. The zero-order valence-corrected chi connectivity index (χ0v) is 7.30. The predicted octanol–water partition coefficient (Wildman–Crippen LogP) is 0.886. The molecule has 2 heterocycles. The maximum Gasteiger partial charge on any atom is 0.194 e. The molecule has 62 valence electrons. The summed E-state index contributed by atoms with van der Waals surface area (Å²) in [5, 5.41) is 10.6. The van der Waals surface area contributed by atoms with Crippen molar-refractivity contribution in [3.05, 3.63) is 12.0 Å². The highest BCUT2D eigenvalue weighted by Crippen LogP contribution is 2.16. The molecule has 0 fully saturated rings. The summed E-state index contributed by atoms with van der Waals surface area (Å²) in [6.45, 7) is 2.02. The van der Waals surface area contributed by atoms with Gasteiger partial charge in [-0.25, -0.2) is 4.98 Å². The van der Waals surface area contributed by atoms with Crippen LogP contribution in [0.25, 0.3) is 10.7 Å². The van der Waals surface area contributed by atoms with Crippen LogP contribution in [0.2, 0.25) is 0 Å². The molecule has 0 unspecified atom stereocenters. The Morgan fingerprint density at radius 1 is 1.58 bits per heavy atom. The summed E-state index contributed by atoms with van der Waals surface area (Å²) in [7, 11) is 0. The van der Waals surface area contributed by atoms with Crippen LogP contribution in [0.5, 0.6) is 0 Å². The summed E-state index contributed by atoms with van der Waals surface area (Å²) < 4.78 is 3.73. The Kier molecular flexibility index (Phi) is 1.83. The Morgan fingerprint density at radius 3 is 3.08 bits per heavy atom. The molecule has 0 saturated carbocycles. The Labute approximate surface area is 73.0 Å². The van der Waals surface area contributed by atoms with Crippen molar-refractivity contribution in [3.8, 4) is 10.7 Å². The number of aromatic amines is 1. The summed E-state index contributed by atoms with van der Waals surface area (Å²) in [5.74, 6) is 1.57. The lowest BCUT2D eigenvalue weighted by atomic mass is 10.4. The van der Waals surface area contributed by atoms with Gasteiger partial charge in [0, 0.05) is 6.42 Å². The first-order valence-electron chi connectivity index (χ1n) is 3.59. The van der Waals surface area contributed by atoms with E-state index < -0.39 is 0 Å². The fraction of sp³-hybridized carbons (Fsp3) is 0.333. The van der Waals surface area contributed by atoms with E-state index in [-0.39, 0.29) is 0 Å². The topological polar surface area (TPSA) is 67.3 Å². The first-order valence-corrected chi connectivity index (χ1v) is 4.36. The molecule has 1 N–H and O–H groups in total. The third kappa shape index (κ3) is 1.20. The van der Waals surface area contributed by atoms with Gasteiger partial charge in [0.2, 0.25) is 0 Å². The summed E-state index contributed by atoms with van der Waals surface area (Å²) in [6.07, 6.45) is 2.52. The molecule has 2 rings (SSSR count). The highest BCUT2D eigenvalue weighted by Gasteiger charge is 2.06. The SMILES string of the molecule is CCc1nc(-c2cnns2)n[nH]1. The van der Waals surface area contributed by atoms with Crippen LogP contribution in [-0.4, -0.2) is 24.8 Å². The van der Waals surface area contributed by atoms with Gasteiger partial charge in [0.25, 0.3) is 0 Å². The first-order chi connectivity index (χ1) is 5.90. The van der Waals surface area contributed by atoms with Crippen molar-refractivity contribution in [1.29, 1.82) is 0 Å². The average molecular weight is 181 g/mol. The molecule has 0 aliphatic heterocycles. The monoisotopic (exact) mass is 181 g/mol. The maximum atomic E-state index is 4.23. The minimum absolute atomic E-state index is 0.682. The van der Waals surface area contributed by atoms with Gasteiger partial charge in [-0.2, -0.15) is 5.10 Å². The lowest BCUT2D eigenvalue weighted by Gasteiger charge is -1.81. The van der Waals surface area contributed by atoms with Gasteiger partial charge in [-0.05, 0) is 11.5 Å². The number of nitrogens with one attached hydrogen (secondary N) is 1. The number of H-pyrrole nitrogens is 1. The van der Waals surface area contributed by atoms with E-state index >= 15 is 0 Å². The summed E-state index contributed by atoms with van der Waals surface area (Å²) in [5.41, 5.74) is 0. The van der Waals surface area contributed by atoms with Crippen LogP contribution in [0.15, 0.2) is 6.20 Å².